The first kappa shape index (κ1) is 16.0. The number of rotatable bonds is 3. The number of halogens is 1. The van der Waals surface area contributed by atoms with Gasteiger partial charge < -0.3 is 14.2 Å². The third-order valence-corrected chi connectivity index (χ3v) is 5.22. The van der Waals surface area contributed by atoms with E-state index in [1.165, 1.54) is 12.5 Å². The first-order valence-electron chi connectivity index (χ1n) is 7.17. The number of carbonyl (C=O) groups excluding carboxylic acids is 2. The molecule has 23 heavy (non-hydrogen) atoms. The van der Waals surface area contributed by atoms with Gasteiger partial charge in [-0.05, 0) is 40.2 Å². The molecule has 0 N–H and O–H groups in total. The molecule has 1 saturated heterocycles. The second kappa shape index (κ2) is 7.14. The zero-order chi connectivity index (χ0) is 16.2. The van der Waals surface area contributed by atoms with Crippen LogP contribution in [0, 0.1) is 0 Å². The molecule has 0 atom stereocenters. The number of piperazine rings is 1. The summed E-state index contributed by atoms with van der Waals surface area (Å²) < 4.78 is 5.98. The van der Waals surface area contributed by atoms with E-state index in [4.69, 9.17) is 4.42 Å². The standard InChI is InChI=1S/C16H15BrN2O3S/c17-14-3-1-13(23-14)2-4-15(20)18-6-8-19(9-7-18)16(21)12-5-10-22-11-12/h1-5,10-11H,6-9H2/b4-2+. The van der Waals surface area contributed by atoms with Crippen molar-refractivity contribution in [2.24, 2.45) is 0 Å². The van der Waals surface area contributed by atoms with Gasteiger partial charge in [0, 0.05) is 37.1 Å². The fraction of sp³-hybridized carbons (Fsp3) is 0.250. The van der Waals surface area contributed by atoms with Gasteiger partial charge in [0.1, 0.15) is 6.26 Å². The maximum atomic E-state index is 12.2. The van der Waals surface area contributed by atoms with Crippen LogP contribution < -0.4 is 0 Å². The van der Waals surface area contributed by atoms with Crippen molar-refractivity contribution < 1.29 is 14.0 Å². The Morgan fingerprint density at radius 2 is 1.87 bits per heavy atom. The Labute approximate surface area is 146 Å². The SMILES string of the molecule is O=C(/C=C/c1ccc(Br)s1)N1CCN(C(=O)c2ccoc2)CC1. The minimum atomic E-state index is -0.0511. The van der Waals surface area contributed by atoms with Crippen LogP contribution in [-0.2, 0) is 4.79 Å². The Morgan fingerprint density at radius 3 is 2.48 bits per heavy atom. The highest BCUT2D eigenvalue weighted by atomic mass is 79.9. The minimum absolute atomic E-state index is 0.0232. The molecule has 0 aromatic carbocycles. The van der Waals surface area contributed by atoms with Crippen LogP contribution >= 0.6 is 27.3 Å². The molecule has 0 bridgehead atoms. The normalized spacial score (nSPS) is 15.3. The van der Waals surface area contributed by atoms with Gasteiger partial charge in [-0.1, -0.05) is 0 Å². The second-order valence-electron chi connectivity index (χ2n) is 5.10. The fourth-order valence-corrected chi connectivity index (χ4v) is 3.70. The largest absolute Gasteiger partial charge is 0.472 e. The third-order valence-electron chi connectivity index (χ3n) is 3.63. The minimum Gasteiger partial charge on any atom is -0.472 e. The van der Waals surface area contributed by atoms with Crippen LogP contribution in [0.5, 0.6) is 0 Å². The number of nitrogens with zero attached hydrogens (tertiary/aromatic N) is 2. The molecule has 0 radical (unpaired) electrons. The lowest BCUT2D eigenvalue weighted by Gasteiger charge is -2.34. The summed E-state index contributed by atoms with van der Waals surface area (Å²) in [6.07, 6.45) is 6.34. The Hall–Kier alpha value is -1.86. The summed E-state index contributed by atoms with van der Waals surface area (Å²) in [6, 6.07) is 5.57. The van der Waals surface area contributed by atoms with Gasteiger partial charge in [-0.15, -0.1) is 11.3 Å². The van der Waals surface area contributed by atoms with Crippen molar-refractivity contribution in [1.29, 1.82) is 0 Å². The van der Waals surface area contributed by atoms with Gasteiger partial charge in [-0.2, -0.15) is 0 Å². The average Bonchev–Trinajstić information content (AvgIpc) is 3.24. The summed E-state index contributed by atoms with van der Waals surface area (Å²) in [5.74, 6) is -0.0743. The molecule has 0 aliphatic carbocycles. The van der Waals surface area contributed by atoms with Crippen molar-refractivity contribution >= 4 is 45.2 Å². The van der Waals surface area contributed by atoms with Crippen LogP contribution in [0.2, 0.25) is 0 Å². The van der Waals surface area contributed by atoms with E-state index in [1.807, 2.05) is 18.2 Å². The molecule has 0 spiro atoms. The van der Waals surface area contributed by atoms with Crippen LogP contribution in [0.1, 0.15) is 15.2 Å². The lowest BCUT2D eigenvalue weighted by Crippen LogP contribution is -2.50. The summed E-state index contributed by atoms with van der Waals surface area (Å²) >= 11 is 4.97. The molecule has 0 unspecified atom stereocenters. The molecule has 2 aromatic rings. The molecule has 1 aliphatic rings. The second-order valence-corrected chi connectivity index (χ2v) is 7.60. The fourth-order valence-electron chi connectivity index (χ4n) is 2.38. The van der Waals surface area contributed by atoms with Crippen molar-refractivity contribution in [3.05, 3.63) is 51.0 Å². The molecular weight excluding hydrogens is 380 g/mol. The number of hydrogen-bond acceptors (Lipinski definition) is 4. The average molecular weight is 395 g/mol. The first-order valence-corrected chi connectivity index (χ1v) is 8.78. The van der Waals surface area contributed by atoms with E-state index in [-0.39, 0.29) is 11.8 Å². The van der Waals surface area contributed by atoms with E-state index in [9.17, 15) is 9.59 Å². The van der Waals surface area contributed by atoms with Gasteiger partial charge in [0.05, 0.1) is 15.6 Å². The summed E-state index contributed by atoms with van der Waals surface area (Å²) in [5, 5.41) is 0. The summed E-state index contributed by atoms with van der Waals surface area (Å²) in [4.78, 5) is 28.9. The van der Waals surface area contributed by atoms with Gasteiger partial charge >= 0.3 is 0 Å². The molecule has 7 heteroatoms. The van der Waals surface area contributed by atoms with Gasteiger partial charge in [0.25, 0.3) is 5.91 Å². The predicted molar refractivity (Wildman–Crippen MR) is 92.2 cm³/mol. The predicted octanol–water partition coefficient (Wildman–Crippen LogP) is 3.10. The highest BCUT2D eigenvalue weighted by Crippen LogP contribution is 2.23. The van der Waals surface area contributed by atoms with Gasteiger partial charge in [0.15, 0.2) is 0 Å². The zero-order valence-corrected chi connectivity index (χ0v) is 14.7. The zero-order valence-electron chi connectivity index (χ0n) is 12.3. The van der Waals surface area contributed by atoms with E-state index in [1.54, 1.807) is 33.3 Å². The number of furan rings is 1. The molecule has 0 saturated carbocycles. The molecule has 2 amide bonds. The van der Waals surface area contributed by atoms with E-state index >= 15 is 0 Å². The molecule has 120 valence electrons. The van der Waals surface area contributed by atoms with Crippen molar-refractivity contribution in [1.82, 2.24) is 9.80 Å². The highest BCUT2D eigenvalue weighted by Gasteiger charge is 2.24. The lowest BCUT2D eigenvalue weighted by molar-refractivity contribution is -0.127. The van der Waals surface area contributed by atoms with Crippen LogP contribution in [0.3, 0.4) is 0 Å². The molecule has 1 fully saturated rings. The molecular formula is C16H15BrN2O3S. The van der Waals surface area contributed by atoms with Crippen LogP contribution in [0.15, 0.2) is 45.0 Å². The summed E-state index contributed by atoms with van der Waals surface area (Å²) in [5.41, 5.74) is 0.549. The summed E-state index contributed by atoms with van der Waals surface area (Å²) in [6.45, 7) is 2.16. The first-order chi connectivity index (χ1) is 11.1. The lowest BCUT2D eigenvalue weighted by atomic mass is 10.2. The Morgan fingerprint density at radius 1 is 1.13 bits per heavy atom. The van der Waals surface area contributed by atoms with E-state index in [0.29, 0.717) is 31.7 Å². The highest BCUT2D eigenvalue weighted by molar-refractivity contribution is 9.11. The van der Waals surface area contributed by atoms with Crippen molar-refractivity contribution in [2.45, 2.75) is 0 Å². The third kappa shape index (κ3) is 3.92. The van der Waals surface area contributed by atoms with Gasteiger partial charge in [-0.3, -0.25) is 9.59 Å². The molecule has 2 aromatic heterocycles. The molecule has 5 nitrogen and oxygen atoms in total. The van der Waals surface area contributed by atoms with Crippen molar-refractivity contribution in [3.8, 4) is 0 Å². The molecule has 3 heterocycles. The Bertz CT molecular complexity index is 716. The molecule has 3 rings (SSSR count). The maximum Gasteiger partial charge on any atom is 0.257 e. The van der Waals surface area contributed by atoms with E-state index < -0.39 is 0 Å². The van der Waals surface area contributed by atoms with Gasteiger partial charge in [-0.25, -0.2) is 0 Å². The summed E-state index contributed by atoms with van der Waals surface area (Å²) in [7, 11) is 0. The van der Waals surface area contributed by atoms with Crippen LogP contribution in [0.4, 0.5) is 0 Å². The monoisotopic (exact) mass is 394 g/mol. The smallest absolute Gasteiger partial charge is 0.257 e. The van der Waals surface area contributed by atoms with E-state index in [2.05, 4.69) is 15.9 Å². The van der Waals surface area contributed by atoms with Crippen molar-refractivity contribution in [2.75, 3.05) is 26.2 Å². The van der Waals surface area contributed by atoms with Crippen LogP contribution in [0.25, 0.3) is 6.08 Å². The number of carbonyl (C=O) groups is 2. The number of thiophene rings is 1. The maximum absolute atomic E-state index is 12.2. The van der Waals surface area contributed by atoms with E-state index in [0.717, 1.165) is 8.66 Å². The molecule has 1 aliphatic heterocycles. The van der Waals surface area contributed by atoms with Gasteiger partial charge in [0.2, 0.25) is 5.91 Å². The topological polar surface area (TPSA) is 53.8 Å². The Kier molecular flexibility index (Phi) is 4.97. The van der Waals surface area contributed by atoms with Crippen molar-refractivity contribution in [3.63, 3.8) is 0 Å². The quantitative estimate of drug-likeness (QED) is 0.751. The number of hydrogen-bond donors (Lipinski definition) is 0. The number of amides is 2. The van der Waals surface area contributed by atoms with Crippen LogP contribution in [-0.4, -0.2) is 47.8 Å². The Balaban J connectivity index is 1.53.